The fraction of sp³-hybridized carbons (Fsp3) is 0.350. The monoisotopic (exact) mass is 341 g/mol. The summed E-state index contributed by atoms with van der Waals surface area (Å²) in [6, 6.07) is 13.6. The Hall–Kier alpha value is -2.53. The molecule has 0 bridgehead atoms. The van der Waals surface area contributed by atoms with Crippen molar-refractivity contribution >= 4 is 5.91 Å². The van der Waals surface area contributed by atoms with Crippen molar-refractivity contribution in [3.8, 4) is 11.5 Å². The van der Waals surface area contributed by atoms with Crippen LogP contribution in [0.4, 0.5) is 0 Å². The average Bonchev–Trinajstić information content (AvgIpc) is 2.66. The summed E-state index contributed by atoms with van der Waals surface area (Å²) < 4.78 is 16.6. The van der Waals surface area contributed by atoms with Gasteiger partial charge in [-0.05, 0) is 23.3 Å². The highest BCUT2D eigenvalue weighted by Crippen LogP contribution is 2.31. The lowest BCUT2D eigenvalue weighted by molar-refractivity contribution is 0.00977. The molecule has 3 rings (SSSR count). The van der Waals surface area contributed by atoms with Crippen LogP contribution in [0, 0.1) is 0 Å². The molecule has 0 saturated heterocycles. The van der Waals surface area contributed by atoms with Crippen molar-refractivity contribution in [2.24, 2.45) is 0 Å². The van der Waals surface area contributed by atoms with Gasteiger partial charge in [0, 0.05) is 20.0 Å². The lowest BCUT2D eigenvalue weighted by atomic mass is 9.99. The molecule has 2 aromatic rings. The Balaban J connectivity index is 1.72. The molecule has 2 aromatic carbocycles. The SMILES string of the molecule is COc1cccc(C(=O)N(C)C[C@H]2Cc3ccccc3CO2)c1OC. The van der Waals surface area contributed by atoms with Gasteiger partial charge in [0.15, 0.2) is 11.5 Å². The van der Waals surface area contributed by atoms with Crippen LogP contribution in [-0.2, 0) is 17.8 Å². The molecule has 0 spiro atoms. The molecule has 1 aliphatic rings. The maximum Gasteiger partial charge on any atom is 0.257 e. The van der Waals surface area contributed by atoms with Crippen LogP contribution >= 0.6 is 0 Å². The molecule has 1 amide bonds. The molecule has 0 fully saturated rings. The molecular weight excluding hydrogens is 318 g/mol. The lowest BCUT2D eigenvalue weighted by Gasteiger charge is -2.29. The topological polar surface area (TPSA) is 48.0 Å². The molecule has 1 aliphatic heterocycles. The van der Waals surface area contributed by atoms with E-state index in [1.807, 2.05) is 12.1 Å². The van der Waals surface area contributed by atoms with Gasteiger partial charge in [-0.2, -0.15) is 0 Å². The van der Waals surface area contributed by atoms with Crippen molar-refractivity contribution < 1.29 is 19.0 Å². The molecule has 0 aliphatic carbocycles. The van der Waals surface area contributed by atoms with E-state index in [4.69, 9.17) is 14.2 Å². The first-order valence-electron chi connectivity index (χ1n) is 8.29. The summed E-state index contributed by atoms with van der Waals surface area (Å²) in [5, 5.41) is 0. The maximum absolute atomic E-state index is 12.8. The Labute approximate surface area is 148 Å². The molecule has 0 saturated carbocycles. The zero-order chi connectivity index (χ0) is 17.8. The van der Waals surface area contributed by atoms with Gasteiger partial charge in [0.25, 0.3) is 5.91 Å². The summed E-state index contributed by atoms with van der Waals surface area (Å²) in [6.07, 6.45) is 0.795. The van der Waals surface area contributed by atoms with E-state index < -0.39 is 0 Å². The molecule has 0 unspecified atom stereocenters. The fourth-order valence-electron chi connectivity index (χ4n) is 3.18. The number of likely N-dealkylation sites (N-methyl/N-ethyl adjacent to an activating group) is 1. The number of carbonyl (C=O) groups is 1. The molecule has 1 heterocycles. The van der Waals surface area contributed by atoms with E-state index in [1.165, 1.54) is 18.2 Å². The molecule has 0 N–H and O–H groups in total. The summed E-state index contributed by atoms with van der Waals surface area (Å²) >= 11 is 0. The minimum atomic E-state index is -0.113. The number of benzene rings is 2. The number of carbonyl (C=O) groups excluding carboxylic acids is 1. The number of hydrogen-bond donors (Lipinski definition) is 0. The van der Waals surface area contributed by atoms with Crippen molar-refractivity contribution in [2.45, 2.75) is 19.1 Å². The van der Waals surface area contributed by atoms with Gasteiger partial charge in [-0.3, -0.25) is 4.79 Å². The largest absolute Gasteiger partial charge is 0.493 e. The van der Waals surface area contributed by atoms with Crippen LogP contribution in [0.3, 0.4) is 0 Å². The van der Waals surface area contributed by atoms with Gasteiger partial charge in [0.05, 0.1) is 32.5 Å². The second kappa shape index (κ2) is 7.57. The van der Waals surface area contributed by atoms with Gasteiger partial charge < -0.3 is 19.1 Å². The Morgan fingerprint density at radius 3 is 2.60 bits per heavy atom. The Bertz CT molecular complexity index is 759. The first-order valence-corrected chi connectivity index (χ1v) is 8.29. The minimum Gasteiger partial charge on any atom is -0.493 e. The van der Waals surface area contributed by atoms with Crippen molar-refractivity contribution in [1.29, 1.82) is 0 Å². The number of hydrogen-bond acceptors (Lipinski definition) is 4. The second-order valence-corrected chi connectivity index (χ2v) is 6.13. The Morgan fingerprint density at radius 1 is 1.12 bits per heavy atom. The molecule has 5 nitrogen and oxygen atoms in total. The van der Waals surface area contributed by atoms with Gasteiger partial charge >= 0.3 is 0 Å². The van der Waals surface area contributed by atoms with Crippen LogP contribution < -0.4 is 9.47 Å². The number of nitrogens with zero attached hydrogens (tertiary/aromatic N) is 1. The molecule has 1 atom stereocenters. The molecule has 0 radical (unpaired) electrons. The van der Waals surface area contributed by atoms with E-state index in [0.29, 0.717) is 30.2 Å². The van der Waals surface area contributed by atoms with Gasteiger partial charge in [0.1, 0.15) is 0 Å². The number of para-hydroxylation sites is 1. The van der Waals surface area contributed by atoms with Gasteiger partial charge in [-0.15, -0.1) is 0 Å². The van der Waals surface area contributed by atoms with Crippen molar-refractivity contribution in [1.82, 2.24) is 4.90 Å². The van der Waals surface area contributed by atoms with Gasteiger partial charge in [0.2, 0.25) is 0 Å². The zero-order valence-electron chi connectivity index (χ0n) is 14.8. The average molecular weight is 341 g/mol. The first-order chi connectivity index (χ1) is 12.1. The van der Waals surface area contributed by atoms with Gasteiger partial charge in [-0.1, -0.05) is 30.3 Å². The fourth-order valence-corrected chi connectivity index (χ4v) is 3.18. The summed E-state index contributed by atoms with van der Waals surface area (Å²) in [5.74, 6) is 0.888. The third-order valence-corrected chi connectivity index (χ3v) is 4.50. The lowest BCUT2D eigenvalue weighted by Crippen LogP contribution is -2.38. The van der Waals surface area contributed by atoms with Crippen molar-refractivity contribution in [3.05, 3.63) is 59.2 Å². The van der Waals surface area contributed by atoms with E-state index in [-0.39, 0.29) is 12.0 Å². The Morgan fingerprint density at radius 2 is 1.88 bits per heavy atom. The predicted octanol–water partition coefficient (Wildman–Crippen LogP) is 2.92. The molecule has 25 heavy (non-hydrogen) atoms. The van der Waals surface area contributed by atoms with Crippen molar-refractivity contribution in [2.75, 3.05) is 27.8 Å². The third kappa shape index (κ3) is 3.61. The zero-order valence-corrected chi connectivity index (χ0v) is 14.8. The number of amides is 1. The van der Waals surface area contributed by atoms with Crippen LogP contribution in [0.15, 0.2) is 42.5 Å². The van der Waals surface area contributed by atoms with Crippen molar-refractivity contribution in [3.63, 3.8) is 0 Å². The summed E-state index contributed by atoms with van der Waals surface area (Å²) in [6.45, 7) is 1.11. The minimum absolute atomic E-state index is 0.0135. The van der Waals surface area contributed by atoms with E-state index in [9.17, 15) is 4.79 Å². The highest BCUT2D eigenvalue weighted by atomic mass is 16.5. The second-order valence-electron chi connectivity index (χ2n) is 6.13. The highest BCUT2D eigenvalue weighted by Gasteiger charge is 2.25. The molecular formula is C20H23NO4. The number of ether oxygens (including phenoxy) is 3. The van der Waals surface area contributed by atoms with Gasteiger partial charge in [-0.25, -0.2) is 0 Å². The number of rotatable bonds is 5. The van der Waals surface area contributed by atoms with Crippen LogP contribution in [-0.4, -0.2) is 44.7 Å². The standard InChI is InChI=1S/C20H23NO4/c1-21(12-16-11-14-7-4-5-8-15(14)13-25-16)20(22)17-9-6-10-18(23-2)19(17)24-3/h4-10,16H,11-13H2,1-3H3/t16-/m1/s1. The maximum atomic E-state index is 12.8. The highest BCUT2D eigenvalue weighted by molar-refractivity contribution is 5.97. The molecule has 0 aromatic heterocycles. The Kier molecular flexibility index (Phi) is 5.24. The van der Waals surface area contributed by atoms with Crippen LogP contribution in [0.2, 0.25) is 0 Å². The van der Waals surface area contributed by atoms with Crippen LogP contribution in [0.25, 0.3) is 0 Å². The number of methoxy groups -OCH3 is 2. The van der Waals surface area contributed by atoms with Crippen LogP contribution in [0.5, 0.6) is 11.5 Å². The smallest absolute Gasteiger partial charge is 0.257 e. The quantitative estimate of drug-likeness (QED) is 0.839. The van der Waals surface area contributed by atoms with E-state index in [0.717, 1.165) is 6.42 Å². The van der Waals surface area contributed by atoms with E-state index in [2.05, 4.69) is 12.1 Å². The third-order valence-electron chi connectivity index (χ3n) is 4.50. The summed E-state index contributed by atoms with van der Waals surface area (Å²) in [4.78, 5) is 14.5. The van der Waals surface area contributed by atoms with E-state index in [1.54, 1.807) is 37.3 Å². The van der Waals surface area contributed by atoms with E-state index >= 15 is 0 Å². The summed E-state index contributed by atoms with van der Waals surface area (Å²) in [7, 11) is 4.88. The molecule has 132 valence electrons. The normalized spacial score (nSPS) is 16.0. The summed E-state index contributed by atoms with van der Waals surface area (Å²) in [5.41, 5.74) is 3.00. The molecule has 5 heteroatoms. The number of fused-ring (bicyclic) bond motifs is 1. The predicted molar refractivity (Wildman–Crippen MR) is 95.2 cm³/mol. The first kappa shape index (κ1) is 17.3. The van der Waals surface area contributed by atoms with Crippen LogP contribution in [0.1, 0.15) is 21.5 Å².